The van der Waals surface area contributed by atoms with Gasteiger partial charge in [-0.1, -0.05) is 0 Å². The van der Waals surface area contributed by atoms with Crippen LogP contribution in [-0.4, -0.2) is 44.2 Å². The van der Waals surface area contributed by atoms with Gasteiger partial charge in [0.2, 0.25) is 0 Å². The van der Waals surface area contributed by atoms with Gasteiger partial charge in [0, 0.05) is 0 Å². The molecule has 18 heavy (non-hydrogen) atoms. The number of esters is 2. The Morgan fingerprint density at radius 2 is 1.44 bits per heavy atom. The lowest BCUT2D eigenvalue weighted by atomic mass is 10.0. The summed E-state index contributed by atoms with van der Waals surface area (Å²) in [7, 11) is 0. The molecule has 0 aromatic heterocycles. The van der Waals surface area contributed by atoms with E-state index >= 15 is 0 Å². The second-order valence-corrected chi connectivity index (χ2v) is 4.33. The molecule has 1 heterocycles. The molecule has 1 aliphatic heterocycles. The maximum absolute atomic E-state index is 11.8. The third-order valence-corrected chi connectivity index (χ3v) is 3.32. The molecule has 2 rings (SSSR count). The molecule has 102 valence electrons. The molecule has 0 bridgehead atoms. The molecule has 6 nitrogen and oxygen atoms in total. The number of carbonyl (C=O) groups is 2. The quantitative estimate of drug-likeness (QED) is 0.683. The Balaban J connectivity index is 2.07. The van der Waals surface area contributed by atoms with Crippen molar-refractivity contribution in [2.24, 2.45) is 11.8 Å². The maximum atomic E-state index is 11.8. The summed E-state index contributed by atoms with van der Waals surface area (Å²) in [6.45, 7) is 4.24. The van der Waals surface area contributed by atoms with Gasteiger partial charge in [0.1, 0.15) is 19.0 Å². The van der Waals surface area contributed by atoms with Crippen LogP contribution in [0.25, 0.3) is 0 Å². The minimum absolute atomic E-state index is 0.112. The van der Waals surface area contributed by atoms with Crippen LogP contribution >= 0.6 is 0 Å². The zero-order chi connectivity index (χ0) is 13.1. The summed E-state index contributed by atoms with van der Waals surface area (Å²) >= 11 is 0. The van der Waals surface area contributed by atoms with Crippen molar-refractivity contribution in [2.75, 3.05) is 20.0 Å². The molecule has 0 amide bonds. The second-order valence-electron chi connectivity index (χ2n) is 4.33. The van der Waals surface area contributed by atoms with E-state index in [0.717, 1.165) is 0 Å². The summed E-state index contributed by atoms with van der Waals surface area (Å²) in [6, 6.07) is 0. The summed E-state index contributed by atoms with van der Waals surface area (Å²) in [6.07, 6.45) is -0.413. The number of rotatable bonds is 4. The number of fused-ring (bicyclic) bond motifs is 1. The van der Waals surface area contributed by atoms with Crippen LogP contribution in [0.3, 0.4) is 0 Å². The molecule has 1 saturated heterocycles. The van der Waals surface area contributed by atoms with E-state index in [0.29, 0.717) is 19.6 Å². The first-order chi connectivity index (χ1) is 8.69. The normalized spacial score (nSPS) is 34.1. The van der Waals surface area contributed by atoms with E-state index in [1.54, 1.807) is 13.8 Å². The van der Waals surface area contributed by atoms with Crippen molar-refractivity contribution in [1.29, 1.82) is 0 Å². The van der Waals surface area contributed by atoms with Gasteiger partial charge in [-0.25, -0.2) is 0 Å². The van der Waals surface area contributed by atoms with Crippen LogP contribution in [0.5, 0.6) is 0 Å². The molecule has 0 aromatic carbocycles. The van der Waals surface area contributed by atoms with Gasteiger partial charge in [-0.05, 0) is 20.3 Å². The molecule has 0 spiro atoms. The Kier molecular flexibility index (Phi) is 4.19. The van der Waals surface area contributed by atoms with Gasteiger partial charge in [-0.2, -0.15) is 0 Å². The van der Waals surface area contributed by atoms with Crippen LogP contribution < -0.4 is 0 Å². The standard InChI is InChI=1S/C12H18O6/c1-3-15-11(13)7-5-8(12(14)16-4-2)10-9(7)17-6-18-10/h7-10H,3-6H2,1-2H3. The fraction of sp³-hybridized carbons (Fsp3) is 0.833. The molecule has 0 radical (unpaired) electrons. The maximum Gasteiger partial charge on any atom is 0.311 e. The third-order valence-electron chi connectivity index (χ3n) is 3.32. The van der Waals surface area contributed by atoms with Gasteiger partial charge in [-0.15, -0.1) is 0 Å². The number of ether oxygens (including phenoxy) is 4. The molecule has 2 aliphatic rings. The van der Waals surface area contributed by atoms with Crippen LogP contribution in [0.4, 0.5) is 0 Å². The van der Waals surface area contributed by atoms with Crippen LogP contribution in [0.1, 0.15) is 20.3 Å². The van der Waals surface area contributed by atoms with Gasteiger partial charge in [0.25, 0.3) is 0 Å². The predicted octanol–water partition coefficient (Wildman–Crippen LogP) is 0.490. The van der Waals surface area contributed by atoms with E-state index in [1.165, 1.54) is 0 Å². The van der Waals surface area contributed by atoms with Crippen LogP contribution in [-0.2, 0) is 28.5 Å². The first kappa shape index (κ1) is 13.3. The highest BCUT2D eigenvalue weighted by molar-refractivity contribution is 5.79. The average Bonchev–Trinajstić information content (AvgIpc) is 2.89. The highest BCUT2D eigenvalue weighted by Crippen LogP contribution is 2.40. The zero-order valence-electron chi connectivity index (χ0n) is 10.6. The summed E-state index contributed by atoms with van der Waals surface area (Å²) in [4.78, 5) is 23.6. The van der Waals surface area contributed by atoms with Crippen molar-refractivity contribution in [3.63, 3.8) is 0 Å². The molecule has 4 unspecified atom stereocenters. The van der Waals surface area contributed by atoms with E-state index in [2.05, 4.69) is 0 Å². The molecule has 1 aliphatic carbocycles. The number of hydrogen-bond donors (Lipinski definition) is 0. The minimum Gasteiger partial charge on any atom is -0.466 e. The van der Waals surface area contributed by atoms with Gasteiger partial charge < -0.3 is 18.9 Å². The Bertz CT molecular complexity index is 299. The summed E-state index contributed by atoms with van der Waals surface area (Å²) in [5.74, 6) is -1.53. The lowest BCUT2D eigenvalue weighted by Gasteiger charge is -2.14. The van der Waals surface area contributed by atoms with E-state index in [9.17, 15) is 9.59 Å². The molecule has 1 saturated carbocycles. The van der Waals surface area contributed by atoms with E-state index in [4.69, 9.17) is 18.9 Å². The van der Waals surface area contributed by atoms with Gasteiger partial charge in [0.15, 0.2) is 0 Å². The minimum atomic E-state index is -0.438. The van der Waals surface area contributed by atoms with Crippen LogP contribution in [0.2, 0.25) is 0 Å². The smallest absolute Gasteiger partial charge is 0.311 e. The Labute approximate surface area is 106 Å². The Hall–Kier alpha value is -1.14. The van der Waals surface area contributed by atoms with Crippen molar-refractivity contribution in [2.45, 2.75) is 32.5 Å². The largest absolute Gasteiger partial charge is 0.466 e. The number of hydrogen-bond acceptors (Lipinski definition) is 6. The number of carbonyl (C=O) groups excluding carboxylic acids is 2. The van der Waals surface area contributed by atoms with Crippen molar-refractivity contribution in [1.82, 2.24) is 0 Å². The van der Waals surface area contributed by atoms with Crippen molar-refractivity contribution >= 4 is 11.9 Å². The van der Waals surface area contributed by atoms with Gasteiger partial charge >= 0.3 is 11.9 Å². The first-order valence-corrected chi connectivity index (χ1v) is 6.25. The van der Waals surface area contributed by atoms with Crippen molar-refractivity contribution in [3.05, 3.63) is 0 Å². The monoisotopic (exact) mass is 258 g/mol. The molecular weight excluding hydrogens is 240 g/mol. The molecular formula is C12H18O6. The molecule has 0 N–H and O–H groups in total. The topological polar surface area (TPSA) is 71.1 Å². The van der Waals surface area contributed by atoms with Crippen LogP contribution in [0.15, 0.2) is 0 Å². The van der Waals surface area contributed by atoms with Crippen LogP contribution in [0, 0.1) is 11.8 Å². The van der Waals surface area contributed by atoms with E-state index in [-0.39, 0.29) is 18.7 Å². The lowest BCUT2D eigenvalue weighted by molar-refractivity contribution is -0.153. The lowest BCUT2D eigenvalue weighted by Crippen LogP contribution is -2.32. The summed E-state index contributed by atoms with van der Waals surface area (Å²) < 4.78 is 20.8. The zero-order valence-corrected chi connectivity index (χ0v) is 10.6. The van der Waals surface area contributed by atoms with E-state index in [1.807, 2.05) is 0 Å². The summed E-state index contributed by atoms with van der Waals surface area (Å²) in [5.41, 5.74) is 0. The Morgan fingerprint density at radius 3 is 1.83 bits per heavy atom. The highest BCUT2D eigenvalue weighted by Gasteiger charge is 2.54. The average molecular weight is 258 g/mol. The molecule has 0 aromatic rings. The van der Waals surface area contributed by atoms with Gasteiger partial charge in [-0.3, -0.25) is 9.59 Å². The molecule has 6 heteroatoms. The first-order valence-electron chi connectivity index (χ1n) is 6.25. The SMILES string of the molecule is CCOC(=O)C1CC(C(=O)OCC)C2OCOC12. The fourth-order valence-corrected chi connectivity index (χ4v) is 2.58. The Morgan fingerprint density at radius 1 is 1.00 bits per heavy atom. The second kappa shape index (κ2) is 5.67. The third kappa shape index (κ3) is 2.35. The fourth-order valence-electron chi connectivity index (χ4n) is 2.58. The van der Waals surface area contributed by atoms with Crippen molar-refractivity contribution in [3.8, 4) is 0 Å². The highest BCUT2D eigenvalue weighted by atomic mass is 16.7. The van der Waals surface area contributed by atoms with E-state index < -0.39 is 24.0 Å². The van der Waals surface area contributed by atoms with Gasteiger partial charge in [0.05, 0.1) is 25.0 Å². The predicted molar refractivity (Wildman–Crippen MR) is 59.5 cm³/mol. The van der Waals surface area contributed by atoms with Crippen molar-refractivity contribution < 1.29 is 28.5 Å². The molecule has 2 fully saturated rings. The summed E-state index contributed by atoms with van der Waals surface area (Å²) in [5, 5.41) is 0. The molecule has 4 atom stereocenters.